The lowest BCUT2D eigenvalue weighted by Gasteiger charge is -2.42. The molecule has 0 amide bonds. The number of cyclic esters (lactones) is 1. The third-order valence-corrected chi connectivity index (χ3v) is 7.91. The number of esters is 1. The Labute approximate surface area is 181 Å². The smallest absolute Gasteiger partial charge is 0.309 e. The fourth-order valence-corrected chi connectivity index (χ4v) is 4.83. The minimum Gasteiger partial charge on any atom is -0.459 e. The highest BCUT2D eigenvalue weighted by atomic mass is 16.6. The van der Waals surface area contributed by atoms with E-state index in [4.69, 9.17) is 4.74 Å². The summed E-state index contributed by atoms with van der Waals surface area (Å²) in [7, 11) is 0. The molecular weight excluding hydrogens is 384 g/mol. The molecule has 0 spiro atoms. The number of ketones is 2. The van der Waals surface area contributed by atoms with Crippen molar-refractivity contribution in [3.63, 3.8) is 0 Å². The van der Waals surface area contributed by atoms with Gasteiger partial charge < -0.3 is 14.9 Å². The predicted octanol–water partition coefficient (Wildman–Crippen LogP) is 3.56. The van der Waals surface area contributed by atoms with Gasteiger partial charge in [0.05, 0.1) is 5.92 Å². The first-order chi connectivity index (χ1) is 13.4. The first-order valence-corrected chi connectivity index (χ1v) is 11.2. The van der Waals surface area contributed by atoms with E-state index in [-0.39, 0.29) is 24.0 Å². The van der Waals surface area contributed by atoms with Crippen LogP contribution in [0.15, 0.2) is 0 Å². The molecule has 6 nitrogen and oxygen atoms in total. The molecular formula is C24H42O6. The topological polar surface area (TPSA) is 101 Å². The molecule has 0 aromatic heterocycles. The van der Waals surface area contributed by atoms with Crippen molar-refractivity contribution in [3.05, 3.63) is 0 Å². The molecule has 1 saturated heterocycles. The van der Waals surface area contributed by atoms with Gasteiger partial charge in [-0.1, -0.05) is 55.4 Å². The summed E-state index contributed by atoms with van der Waals surface area (Å²) in [6.45, 7) is 17.2. The number of hydrogen-bond donors (Lipinski definition) is 2. The third kappa shape index (κ3) is 4.96. The van der Waals surface area contributed by atoms with Crippen LogP contribution in [0.4, 0.5) is 0 Å². The van der Waals surface area contributed by atoms with Gasteiger partial charge in [-0.05, 0) is 44.4 Å². The Morgan fingerprint density at radius 1 is 0.933 bits per heavy atom. The van der Waals surface area contributed by atoms with E-state index >= 15 is 0 Å². The van der Waals surface area contributed by atoms with Gasteiger partial charge in [-0.25, -0.2) is 0 Å². The normalized spacial score (nSPS) is 44.3. The lowest BCUT2D eigenvalue weighted by Crippen LogP contribution is -2.54. The van der Waals surface area contributed by atoms with Gasteiger partial charge in [0, 0.05) is 11.3 Å². The number of hydrogen-bond acceptors (Lipinski definition) is 6. The Bertz CT molecular complexity index is 663. The van der Waals surface area contributed by atoms with Crippen LogP contribution in [0.1, 0.15) is 82.1 Å². The summed E-state index contributed by atoms with van der Waals surface area (Å²) in [5.74, 6) is -3.24. The number of ether oxygens (including phenoxy) is 1. The minimum absolute atomic E-state index is 0.146. The van der Waals surface area contributed by atoms with E-state index in [9.17, 15) is 24.6 Å². The quantitative estimate of drug-likeness (QED) is 0.622. The highest BCUT2D eigenvalue weighted by Gasteiger charge is 2.50. The highest BCUT2D eigenvalue weighted by molar-refractivity contribution is 5.92. The number of aliphatic hydroxyl groups is 2. The van der Waals surface area contributed by atoms with E-state index in [1.54, 1.807) is 41.5 Å². The molecule has 0 aromatic carbocycles. The van der Waals surface area contributed by atoms with Gasteiger partial charge in [-0.15, -0.1) is 0 Å². The largest absolute Gasteiger partial charge is 0.459 e. The fraction of sp³-hybridized carbons (Fsp3) is 0.875. The molecule has 30 heavy (non-hydrogen) atoms. The standard InChI is InChI=1S/C24H42O6/c1-11-18-24(10,29)19(25)15(4)14(3)13(2)12-23(9,28)21(27)22(7,8)17(6)16(5)20(26)30-18/h13-18,28-29H,11-12H2,1-10H3/t13-,14+,15+,16-,17-,18-,23-,24-/m1/s1. The Hall–Kier alpha value is -1.27. The number of Topliss-reactive ketones (excluding diaryl/α,β-unsaturated/α-hetero) is 2. The predicted molar refractivity (Wildman–Crippen MR) is 116 cm³/mol. The van der Waals surface area contributed by atoms with E-state index in [0.717, 1.165) is 0 Å². The van der Waals surface area contributed by atoms with Crippen molar-refractivity contribution in [1.29, 1.82) is 0 Å². The summed E-state index contributed by atoms with van der Waals surface area (Å²) >= 11 is 0. The van der Waals surface area contributed by atoms with Gasteiger partial charge in [0.2, 0.25) is 0 Å². The van der Waals surface area contributed by atoms with Gasteiger partial charge in [0.25, 0.3) is 0 Å². The zero-order chi connectivity index (χ0) is 23.8. The Balaban J connectivity index is 3.54. The van der Waals surface area contributed by atoms with Crippen LogP contribution in [-0.4, -0.2) is 45.1 Å². The molecule has 1 aliphatic rings. The molecule has 1 aliphatic heterocycles. The van der Waals surface area contributed by atoms with Gasteiger partial charge >= 0.3 is 5.97 Å². The van der Waals surface area contributed by atoms with Crippen LogP contribution in [0.5, 0.6) is 0 Å². The second kappa shape index (κ2) is 9.07. The number of carbonyl (C=O) groups excluding carboxylic acids is 3. The summed E-state index contributed by atoms with van der Waals surface area (Å²) < 4.78 is 5.62. The number of carbonyl (C=O) groups is 3. The average Bonchev–Trinajstić information content (AvgIpc) is 2.66. The highest BCUT2D eigenvalue weighted by Crippen LogP contribution is 2.41. The zero-order valence-corrected chi connectivity index (χ0v) is 20.4. The molecule has 0 aromatic rings. The van der Waals surface area contributed by atoms with Gasteiger partial charge in [-0.2, -0.15) is 0 Å². The second-order valence-electron chi connectivity index (χ2n) is 10.6. The molecule has 0 radical (unpaired) electrons. The lowest BCUT2D eigenvalue weighted by atomic mass is 9.64. The summed E-state index contributed by atoms with van der Waals surface area (Å²) in [6, 6.07) is 0. The first kappa shape index (κ1) is 26.8. The van der Waals surface area contributed by atoms with Crippen LogP contribution in [0.2, 0.25) is 0 Å². The van der Waals surface area contributed by atoms with Crippen molar-refractivity contribution in [2.75, 3.05) is 0 Å². The minimum atomic E-state index is -1.82. The molecule has 0 saturated carbocycles. The Kier molecular flexibility index (Phi) is 8.09. The molecule has 174 valence electrons. The molecule has 1 heterocycles. The fourth-order valence-electron chi connectivity index (χ4n) is 4.83. The molecule has 0 bridgehead atoms. The molecule has 6 heteroatoms. The maximum absolute atomic E-state index is 13.3. The number of rotatable bonds is 1. The van der Waals surface area contributed by atoms with Crippen LogP contribution < -0.4 is 0 Å². The van der Waals surface area contributed by atoms with E-state index in [0.29, 0.717) is 6.42 Å². The van der Waals surface area contributed by atoms with Crippen molar-refractivity contribution in [3.8, 4) is 0 Å². The van der Waals surface area contributed by atoms with Crippen LogP contribution in [0, 0.1) is 35.0 Å². The van der Waals surface area contributed by atoms with Crippen molar-refractivity contribution in [2.45, 2.75) is 99.4 Å². The lowest BCUT2D eigenvalue weighted by molar-refractivity contribution is -0.179. The van der Waals surface area contributed by atoms with Crippen LogP contribution >= 0.6 is 0 Å². The SMILES string of the molecule is CC[C@H]1OC(=O)[C@H](C)[C@@H](C)C(C)(C)C(=O)[C@](C)(O)C[C@@H](C)[C@H](C)[C@H](C)C(=O)[C@]1(C)O. The van der Waals surface area contributed by atoms with E-state index < -0.39 is 52.2 Å². The third-order valence-electron chi connectivity index (χ3n) is 7.91. The zero-order valence-electron chi connectivity index (χ0n) is 20.4. The van der Waals surface area contributed by atoms with Gasteiger partial charge in [0.15, 0.2) is 17.2 Å². The van der Waals surface area contributed by atoms with Crippen molar-refractivity contribution in [1.82, 2.24) is 0 Å². The molecule has 0 unspecified atom stereocenters. The monoisotopic (exact) mass is 426 g/mol. The maximum atomic E-state index is 13.3. The molecule has 0 aliphatic carbocycles. The van der Waals surface area contributed by atoms with Gasteiger partial charge in [0.1, 0.15) is 11.7 Å². The molecule has 2 N–H and O–H groups in total. The van der Waals surface area contributed by atoms with E-state index in [2.05, 4.69) is 0 Å². The van der Waals surface area contributed by atoms with Crippen LogP contribution in [0.25, 0.3) is 0 Å². The van der Waals surface area contributed by atoms with Gasteiger partial charge in [-0.3, -0.25) is 14.4 Å². The van der Waals surface area contributed by atoms with E-state index in [1.807, 2.05) is 13.8 Å². The average molecular weight is 427 g/mol. The molecule has 1 fully saturated rings. The summed E-state index contributed by atoms with van der Waals surface area (Å²) in [5, 5.41) is 22.2. The summed E-state index contributed by atoms with van der Waals surface area (Å²) in [5.41, 5.74) is -4.39. The summed E-state index contributed by atoms with van der Waals surface area (Å²) in [6.07, 6.45) is -0.486. The molecule has 8 atom stereocenters. The van der Waals surface area contributed by atoms with Crippen LogP contribution in [-0.2, 0) is 19.1 Å². The second-order valence-corrected chi connectivity index (χ2v) is 10.6. The van der Waals surface area contributed by atoms with E-state index in [1.165, 1.54) is 13.8 Å². The van der Waals surface area contributed by atoms with Crippen molar-refractivity contribution in [2.24, 2.45) is 35.0 Å². The summed E-state index contributed by atoms with van der Waals surface area (Å²) in [4.78, 5) is 39.4. The Morgan fingerprint density at radius 2 is 1.43 bits per heavy atom. The van der Waals surface area contributed by atoms with Crippen molar-refractivity contribution >= 4 is 17.5 Å². The van der Waals surface area contributed by atoms with Crippen LogP contribution in [0.3, 0.4) is 0 Å². The molecule has 1 rings (SSSR count). The first-order valence-electron chi connectivity index (χ1n) is 11.2. The van der Waals surface area contributed by atoms with Crippen molar-refractivity contribution < 1.29 is 29.3 Å². The maximum Gasteiger partial charge on any atom is 0.309 e. The Morgan fingerprint density at radius 3 is 1.90 bits per heavy atom.